The molecule has 2 fully saturated rings. The largest absolute Gasteiger partial charge is 0.307 e. The predicted octanol–water partition coefficient (Wildman–Crippen LogP) is 2.50. The van der Waals surface area contributed by atoms with Crippen LogP contribution in [0, 0.1) is 17.8 Å². The Labute approximate surface area is 96.5 Å². The van der Waals surface area contributed by atoms with E-state index in [1.807, 2.05) is 11.8 Å². The van der Waals surface area contributed by atoms with Crippen molar-refractivity contribution >= 4 is 23.1 Å². The van der Waals surface area contributed by atoms with Gasteiger partial charge in [0.05, 0.1) is 5.03 Å². The zero-order chi connectivity index (χ0) is 9.99. The van der Waals surface area contributed by atoms with Gasteiger partial charge in [-0.25, -0.2) is 0 Å². The van der Waals surface area contributed by atoms with Gasteiger partial charge in [0.25, 0.3) is 0 Å². The van der Waals surface area contributed by atoms with Gasteiger partial charge >= 0.3 is 4.87 Å². The van der Waals surface area contributed by atoms with Crippen molar-refractivity contribution in [2.75, 3.05) is 0 Å². The van der Waals surface area contributed by atoms with E-state index >= 15 is 0 Å². The second-order valence-electron chi connectivity index (χ2n) is 5.05. The quantitative estimate of drug-likeness (QED) is 0.754. The number of H-pyrrole nitrogens is 1. The molecule has 1 aromatic heterocycles. The van der Waals surface area contributed by atoms with E-state index in [9.17, 15) is 4.79 Å². The second kappa shape index (κ2) is 2.92. The zero-order valence-electron chi connectivity index (χ0n) is 8.36. The van der Waals surface area contributed by atoms with E-state index in [-0.39, 0.29) is 4.87 Å². The number of hydrogen-bond donors (Lipinski definition) is 1. The maximum Gasteiger partial charge on any atom is 0.305 e. The van der Waals surface area contributed by atoms with Crippen LogP contribution in [0.1, 0.15) is 24.1 Å². The molecule has 0 amide bonds. The standard InChI is InChI=1S/C11H13NOS2/c13-11-12-10-8(14-11)4-7-5-1-2-6(3-5)9(7)15-10/h5-7,9H,1-4H2,(H,12,13)/t5?,6?,7-,9+/m1/s1. The Balaban J connectivity index is 1.77. The van der Waals surface area contributed by atoms with E-state index in [0.29, 0.717) is 0 Å². The Hall–Kier alpha value is -0.220. The molecule has 3 aliphatic rings. The van der Waals surface area contributed by atoms with Crippen LogP contribution in [0.4, 0.5) is 0 Å². The summed E-state index contributed by atoms with van der Waals surface area (Å²) in [5.41, 5.74) is 0. The summed E-state index contributed by atoms with van der Waals surface area (Å²) in [6.07, 6.45) is 5.52. The van der Waals surface area contributed by atoms with E-state index in [2.05, 4.69) is 4.98 Å². The van der Waals surface area contributed by atoms with Gasteiger partial charge in [-0.05, 0) is 43.4 Å². The van der Waals surface area contributed by atoms with Crippen molar-refractivity contribution in [1.82, 2.24) is 4.98 Å². The van der Waals surface area contributed by atoms with Crippen LogP contribution >= 0.6 is 23.1 Å². The first kappa shape index (κ1) is 8.88. The number of hydrogen-bond acceptors (Lipinski definition) is 3. The average molecular weight is 239 g/mol. The van der Waals surface area contributed by atoms with Crippen molar-refractivity contribution < 1.29 is 0 Å². The fraction of sp³-hybridized carbons (Fsp3) is 0.727. The molecular weight excluding hydrogens is 226 g/mol. The van der Waals surface area contributed by atoms with E-state index < -0.39 is 0 Å². The summed E-state index contributed by atoms with van der Waals surface area (Å²) < 4.78 is 0. The topological polar surface area (TPSA) is 32.9 Å². The van der Waals surface area contributed by atoms with E-state index in [1.165, 1.54) is 46.9 Å². The van der Waals surface area contributed by atoms with Crippen LogP contribution in [0.5, 0.6) is 0 Å². The van der Waals surface area contributed by atoms with Gasteiger partial charge in [-0.3, -0.25) is 4.79 Å². The molecule has 2 bridgehead atoms. The molecule has 80 valence electrons. The first-order valence-electron chi connectivity index (χ1n) is 5.70. The third-order valence-corrected chi connectivity index (χ3v) is 6.99. The monoisotopic (exact) mass is 239 g/mol. The van der Waals surface area contributed by atoms with E-state index in [0.717, 1.165) is 23.0 Å². The van der Waals surface area contributed by atoms with E-state index in [1.54, 1.807) is 0 Å². The Morgan fingerprint density at radius 1 is 1.27 bits per heavy atom. The highest BCUT2D eigenvalue weighted by Gasteiger charge is 2.50. The highest BCUT2D eigenvalue weighted by molar-refractivity contribution is 8.00. The molecule has 0 saturated heterocycles. The first-order chi connectivity index (χ1) is 7.31. The molecule has 2 unspecified atom stereocenters. The van der Waals surface area contributed by atoms with Crippen molar-refractivity contribution in [2.24, 2.45) is 17.8 Å². The van der Waals surface area contributed by atoms with Crippen molar-refractivity contribution in [2.45, 2.75) is 36.0 Å². The average Bonchev–Trinajstić information content (AvgIpc) is 2.85. The minimum atomic E-state index is 0.139. The van der Waals surface area contributed by atoms with Crippen LogP contribution in [0.15, 0.2) is 9.82 Å². The van der Waals surface area contributed by atoms with Crippen LogP contribution in [-0.4, -0.2) is 10.2 Å². The summed E-state index contributed by atoms with van der Waals surface area (Å²) in [6.45, 7) is 0. The summed E-state index contributed by atoms with van der Waals surface area (Å²) in [5.74, 6) is 2.80. The lowest BCUT2D eigenvalue weighted by Gasteiger charge is -2.33. The normalized spacial score (nSPS) is 41.6. The molecule has 1 N–H and O–H groups in total. The first-order valence-corrected chi connectivity index (χ1v) is 7.39. The number of aromatic amines is 1. The molecular formula is C11H13NOS2. The van der Waals surface area contributed by atoms with Gasteiger partial charge in [0.1, 0.15) is 0 Å². The van der Waals surface area contributed by atoms with Gasteiger partial charge in [-0.15, -0.1) is 11.8 Å². The minimum absolute atomic E-state index is 0.139. The number of nitrogens with one attached hydrogen (secondary N) is 1. The fourth-order valence-electron chi connectivity index (χ4n) is 3.75. The molecule has 1 aromatic rings. The van der Waals surface area contributed by atoms with Crippen molar-refractivity contribution in [3.8, 4) is 0 Å². The van der Waals surface area contributed by atoms with E-state index in [4.69, 9.17) is 0 Å². The smallest absolute Gasteiger partial charge is 0.305 e. The van der Waals surface area contributed by atoms with Crippen molar-refractivity contribution in [3.63, 3.8) is 0 Å². The number of thioether (sulfide) groups is 1. The Morgan fingerprint density at radius 3 is 3.07 bits per heavy atom. The molecule has 2 heterocycles. The lowest BCUT2D eigenvalue weighted by atomic mass is 9.85. The summed E-state index contributed by atoms with van der Waals surface area (Å²) in [6, 6.07) is 0. The van der Waals surface area contributed by atoms with Crippen molar-refractivity contribution in [1.29, 1.82) is 0 Å². The minimum Gasteiger partial charge on any atom is -0.307 e. The van der Waals surface area contributed by atoms with Crippen LogP contribution < -0.4 is 4.87 Å². The molecule has 0 spiro atoms. The number of rotatable bonds is 0. The summed E-state index contributed by atoms with van der Waals surface area (Å²) in [4.78, 5) is 15.8. The SMILES string of the molecule is O=c1[nH]c2c(s1)C[C@@H]1C3CCC(C3)[C@@H]1S2. The predicted molar refractivity (Wildman–Crippen MR) is 62.6 cm³/mol. The Kier molecular flexibility index (Phi) is 1.73. The molecule has 4 heteroatoms. The van der Waals surface area contributed by atoms with Gasteiger partial charge in [-0.1, -0.05) is 11.3 Å². The van der Waals surface area contributed by atoms with Crippen LogP contribution in [0.3, 0.4) is 0 Å². The Bertz CT molecular complexity index is 425. The highest BCUT2D eigenvalue weighted by atomic mass is 32.2. The number of fused-ring (bicyclic) bond motifs is 6. The molecule has 2 saturated carbocycles. The fourth-order valence-corrected chi connectivity index (χ4v) is 6.45. The number of thiazole rings is 1. The molecule has 15 heavy (non-hydrogen) atoms. The molecule has 2 aliphatic carbocycles. The lowest BCUT2D eigenvalue weighted by Crippen LogP contribution is -2.29. The summed E-state index contributed by atoms with van der Waals surface area (Å²) in [5, 5.41) is 2.01. The molecule has 1 aliphatic heterocycles. The van der Waals surface area contributed by atoms with Gasteiger partial charge in [0, 0.05) is 10.1 Å². The summed E-state index contributed by atoms with van der Waals surface area (Å²) in [7, 11) is 0. The zero-order valence-corrected chi connectivity index (χ0v) is 10.00. The molecule has 0 radical (unpaired) electrons. The number of aromatic nitrogens is 1. The van der Waals surface area contributed by atoms with Crippen LogP contribution in [0.2, 0.25) is 0 Å². The van der Waals surface area contributed by atoms with Gasteiger partial charge in [0.15, 0.2) is 0 Å². The van der Waals surface area contributed by atoms with Gasteiger partial charge in [-0.2, -0.15) is 0 Å². The Morgan fingerprint density at radius 2 is 2.13 bits per heavy atom. The molecule has 0 aromatic carbocycles. The maximum atomic E-state index is 11.3. The molecule has 4 atom stereocenters. The van der Waals surface area contributed by atoms with Gasteiger partial charge in [0.2, 0.25) is 0 Å². The van der Waals surface area contributed by atoms with Gasteiger partial charge < -0.3 is 4.98 Å². The van der Waals surface area contributed by atoms with Crippen molar-refractivity contribution in [3.05, 3.63) is 14.5 Å². The third kappa shape index (κ3) is 1.15. The summed E-state index contributed by atoms with van der Waals surface area (Å²) >= 11 is 3.40. The third-order valence-electron chi connectivity index (χ3n) is 4.37. The molecule has 2 nitrogen and oxygen atoms in total. The van der Waals surface area contributed by atoms with Crippen LogP contribution in [-0.2, 0) is 6.42 Å². The maximum absolute atomic E-state index is 11.3. The lowest BCUT2D eigenvalue weighted by molar-refractivity contribution is 0.337. The second-order valence-corrected chi connectivity index (χ2v) is 7.31. The van der Waals surface area contributed by atoms with Crippen LogP contribution in [0.25, 0.3) is 0 Å². The molecule has 4 rings (SSSR count). The highest BCUT2D eigenvalue weighted by Crippen LogP contribution is 2.58.